The molecule has 2 amide bonds. The summed E-state index contributed by atoms with van der Waals surface area (Å²) in [5.74, 6) is 0.928. The highest BCUT2D eigenvalue weighted by Crippen LogP contribution is 2.31. The van der Waals surface area contributed by atoms with Crippen molar-refractivity contribution in [2.75, 3.05) is 6.61 Å². The SMILES string of the molecule is Cc1cccc(C)c1OCC(=O)N[C@H](CC(C)C)C(=O)N/N=C\c1ccc(-c2cc(Cl)ccc2Cl)o1. The number of halogens is 2. The Kier molecular flexibility index (Phi) is 9.56. The van der Waals surface area contributed by atoms with Gasteiger partial charge in [-0.05, 0) is 67.6 Å². The minimum Gasteiger partial charge on any atom is -0.483 e. The Morgan fingerprint density at radius 3 is 2.50 bits per heavy atom. The molecule has 3 rings (SSSR count). The van der Waals surface area contributed by atoms with Crippen LogP contribution in [0, 0.1) is 19.8 Å². The number of amides is 2. The second kappa shape index (κ2) is 12.6. The van der Waals surface area contributed by atoms with Crippen molar-refractivity contribution in [3.63, 3.8) is 0 Å². The van der Waals surface area contributed by atoms with Gasteiger partial charge in [0.1, 0.15) is 23.3 Å². The fourth-order valence-electron chi connectivity index (χ4n) is 3.59. The molecule has 0 bridgehead atoms. The molecule has 9 heteroatoms. The van der Waals surface area contributed by atoms with E-state index in [1.807, 2.05) is 45.9 Å². The van der Waals surface area contributed by atoms with Crippen molar-refractivity contribution in [3.05, 3.63) is 75.5 Å². The fourth-order valence-corrected chi connectivity index (χ4v) is 3.98. The number of furan rings is 1. The van der Waals surface area contributed by atoms with Crippen LogP contribution in [0.25, 0.3) is 11.3 Å². The average molecular weight is 530 g/mol. The summed E-state index contributed by atoms with van der Waals surface area (Å²) in [5, 5.41) is 7.76. The van der Waals surface area contributed by atoms with Crippen LogP contribution in [0.4, 0.5) is 0 Å². The number of carbonyl (C=O) groups is 2. The summed E-state index contributed by atoms with van der Waals surface area (Å²) in [5.41, 5.74) is 4.99. The van der Waals surface area contributed by atoms with Crippen LogP contribution in [-0.2, 0) is 9.59 Å². The Hall–Kier alpha value is -3.29. The van der Waals surface area contributed by atoms with Gasteiger partial charge >= 0.3 is 0 Å². The number of hydrazone groups is 1. The summed E-state index contributed by atoms with van der Waals surface area (Å²) >= 11 is 12.3. The highest BCUT2D eigenvalue weighted by molar-refractivity contribution is 6.35. The fraction of sp³-hybridized carbons (Fsp3) is 0.296. The standard InChI is InChI=1S/C27H29Cl2N3O4/c1-16(2)12-23(31-25(33)15-35-26-17(3)6-5-7-18(26)4)27(34)32-30-14-20-9-11-24(36-20)21-13-19(28)8-10-22(21)29/h5-11,13-14,16,23H,12,15H2,1-4H3,(H,31,33)(H,32,34)/b30-14-/t23-/m1/s1. The third-order valence-electron chi connectivity index (χ3n) is 5.30. The van der Waals surface area contributed by atoms with Gasteiger partial charge in [-0.25, -0.2) is 5.43 Å². The number of benzene rings is 2. The molecule has 0 fully saturated rings. The lowest BCUT2D eigenvalue weighted by atomic mass is 10.0. The molecule has 190 valence electrons. The van der Waals surface area contributed by atoms with Crippen LogP contribution in [0.5, 0.6) is 5.75 Å². The van der Waals surface area contributed by atoms with Crippen LogP contribution >= 0.6 is 23.2 Å². The number of nitrogens with zero attached hydrogens (tertiary/aromatic N) is 1. The van der Waals surface area contributed by atoms with Crippen molar-refractivity contribution < 1.29 is 18.7 Å². The smallest absolute Gasteiger partial charge is 0.262 e. The van der Waals surface area contributed by atoms with E-state index in [0.29, 0.717) is 39.3 Å². The number of nitrogens with one attached hydrogen (secondary N) is 2. The van der Waals surface area contributed by atoms with Crippen LogP contribution < -0.4 is 15.5 Å². The quantitative estimate of drug-likeness (QED) is 0.251. The second-order valence-corrected chi connectivity index (χ2v) is 9.66. The Labute approximate surface area is 220 Å². The highest BCUT2D eigenvalue weighted by Gasteiger charge is 2.22. The molecule has 0 radical (unpaired) electrons. The lowest BCUT2D eigenvalue weighted by Crippen LogP contribution is -2.47. The number of carbonyl (C=O) groups excluding carboxylic acids is 2. The molecule has 2 aromatic carbocycles. The molecule has 1 heterocycles. The van der Waals surface area contributed by atoms with E-state index in [-0.39, 0.29) is 12.5 Å². The molecule has 1 aromatic heterocycles. The number of hydrogen-bond acceptors (Lipinski definition) is 5. The van der Waals surface area contributed by atoms with Gasteiger partial charge in [0.25, 0.3) is 11.8 Å². The molecule has 7 nitrogen and oxygen atoms in total. The lowest BCUT2D eigenvalue weighted by Gasteiger charge is -2.19. The predicted octanol–water partition coefficient (Wildman–Crippen LogP) is 5.93. The van der Waals surface area contributed by atoms with E-state index in [4.69, 9.17) is 32.4 Å². The van der Waals surface area contributed by atoms with Crippen molar-refractivity contribution in [2.45, 2.75) is 40.2 Å². The van der Waals surface area contributed by atoms with Crippen LogP contribution in [0.1, 0.15) is 37.2 Å². The van der Waals surface area contributed by atoms with Crippen LogP contribution in [-0.4, -0.2) is 30.7 Å². The normalized spacial score (nSPS) is 12.1. The number of para-hydroxylation sites is 1. The molecule has 0 aliphatic carbocycles. The molecule has 36 heavy (non-hydrogen) atoms. The monoisotopic (exact) mass is 529 g/mol. The number of ether oxygens (including phenoxy) is 1. The molecule has 1 atom stereocenters. The van der Waals surface area contributed by atoms with Crippen molar-refractivity contribution in [1.29, 1.82) is 0 Å². The van der Waals surface area contributed by atoms with E-state index in [2.05, 4.69) is 15.8 Å². The van der Waals surface area contributed by atoms with Crippen LogP contribution in [0.2, 0.25) is 10.0 Å². The average Bonchev–Trinajstić information content (AvgIpc) is 3.28. The maximum absolute atomic E-state index is 12.8. The maximum atomic E-state index is 12.8. The highest BCUT2D eigenvalue weighted by atomic mass is 35.5. The van der Waals surface area contributed by atoms with E-state index in [0.717, 1.165) is 11.1 Å². The van der Waals surface area contributed by atoms with Gasteiger partial charge in [-0.1, -0.05) is 55.2 Å². The van der Waals surface area contributed by atoms with Gasteiger partial charge in [-0.2, -0.15) is 5.10 Å². The minimum absolute atomic E-state index is 0.166. The first-order valence-corrected chi connectivity index (χ1v) is 12.3. The Morgan fingerprint density at radius 2 is 1.81 bits per heavy atom. The van der Waals surface area contributed by atoms with E-state index in [1.165, 1.54) is 6.21 Å². The summed E-state index contributed by atoms with van der Waals surface area (Å²) in [4.78, 5) is 25.3. The summed E-state index contributed by atoms with van der Waals surface area (Å²) in [6.45, 7) is 7.57. The maximum Gasteiger partial charge on any atom is 0.262 e. The molecule has 0 aliphatic rings. The number of aryl methyl sites for hydroxylation is 2. The van der Waals surface area contributed by atoms with E-state index >= 15 is 0 Å². The van der Waals surface area contributed by atoms with Gasteiger partial charge in [0.15, 0.2) is 6.61 Å². The van der Waals surface area contributed by atoms with Gasteiger partial charge in [0.2, 0.25) is 0 Å². The van der Waals surface area contributed by atoms with Crippen molar-refractivity contribution in [3.8, 4) is 17.1 Å². The third-order valence-corrected chi connectivity index (χ3v) is 5.87. The Balaban J connectivity index is 1.59. The van der Waals surface area contributed by atoms with Gasteiger partial charge in [-0.15, -0.1) is 0 Å². The molecule has 0 saturated heterocycles. The Morgan fingerprint density at radius 1 is 1.08 bits per heavy atom. The number of rotatable bonds is 10. The largest absolute Gasteiger partial charge is 0.483 e. The van der Waals surface area contributed by atoms with E-state index < -0.39 is 17.9 Å². The third kappa shape index (κ3) is 7.60. The first kappa shape index (κ1) is 27.3. The molecular weight excluding hydrogens is 501 g/mol. The van der Waals surface area contributed by atoms with Crippen LogP contribution in [0.15, 0.2) is 58.0 Å². The molecule has 2 N–H and O–H groups in total. The number of hydrogen-bond donors (Lipinski definition) is 2. The van der Waals surface area contributed by atoms with Crippen LogP contribution in [0.3, 0.4) is 0 Å². The molecule has 0 unspecified atom stereocenters. The van der Waals surface area contributed by atoms with E-state index in [9.17, 15) is 9.59 Å². The zero-order valence-electron chi connectivity index (χ0n) is 20.6. The predicted molar refractivity (Wildman–Crippen MR) is 143 cm³/mol. The molecule has 0 saturated carbocycles. The molecule has 0 aliphatic heterocycles. The zero-order valence-corrected chi connectivity index (χ0v) is 22.1. The Bertz CT molecular complexity index is 1230. The zero-order chi connectivity index (χ0) is 26.2. The summed E-state index contributed by atoms with van der Waals surface area (Å²) in [7, 11) is 0. The topological polar surface area (TPSA) is 92.9 Å². The van der Waals surface area contributed by atoms with E-state index in [1.54, 1.807) is 30.3 Å². The van der Waals surface area contributed by atoms with Crippen molar-refractivity contribution >= 4 is 41.2 Å². The summed E-state index contributed by atoms with van der Waals surface area (Å²) < 4.78 is 11.4. The lowest BCUT2D eigenvalue weighted by molar-refractivity contribution is -0.130. The van der Waals surface area contributed by atoms with Gasteiger partial charge in [0.05, 0.1) is 11.2 Å². The summed E-state index contributed by atoms with van der Waals surface area (Å²) in [6.07, 6.45) is 1.81. The molecule has 0 spiro atoms. The summed E-state index contributed by atoms with van der Waals surface area (Å²) in [6, 6.07) is 13.5. The van der Waals surface area contributed by atoms with Gasteiger partial charge in [-0.3, -0.25) is 9.59 Å². The minimum atomic E-state index is -0.770. The molecular formula is C27H29Cl2N3O4. The van der Waals surface area contributed by atoms with Gasteiger partial charge < -0.3 is 14.5 Å². The van der Waals surface area contributed by atoms with Crippen molar-refractivity contribution in [2.24, 2.45) is 11.0 Å². The first-order chi connectivity index (χ1) is 17.1. The van der Waals surface area contributed by atoms with Crippen molar-refractivity contribution in [1.82, 2.24) is 10.7 Å². The second-order valence-electron chi connectivity index (χ2n) is 8.82. The molecule has 3 aromatic rings. The van der Waals surface area contributed by atoms with Gasteiger partial charge in [0, 0.05) is 10.6 Å². The first-order valence-electron chi connectivity index (χ1n) is 11.5.